The van der Waals surface area contributed by atoms with E-state index in [0.29, 0.717) is 44.4 Å². The minimum absolute atomic E-state index is 0.150. The summed E-state index contributed by atoms with van der Waals surface area (Å²) in [6, 6.07) is 0. The molecule has 0 aliphatic carbocycles. The zero-order chi connectivity index (χ0) is 23.0. The van der Waals surface area contributed by atoms with E-state index in [1.807, 2.05) is 7.05 Å². The second-order valence-electron chi connectivity index (χ2n) is 7.82. The van der Waals surface area contributed by atoms with Crippen LogP contribution in [0.1, 0.15) is 0 Å². The lowest BCUT2D eigenvalue weighted by atomic mass is 10.5. The molecule has 0 N–H and O–H groups in total. The van der Waals surface area contributed by atoms with Gasteiger partial charge in [0.15, 0.2) is 6.29 Å². The smallest absolute Gasteiger partial charge is 0.235 e. The summed E-state index contributed by atoms with van der Waals surface area (Å²) in [6.07, 6.45) is 0.108. The third-order valence-corrected chi connectivity index (χ3v) is 4.74. The van der Waals surface area contributed by atoms with Crippen molar-refractivity contribution in [3.05, 3.63) is 0 Å². The molecular formula is C19H32N6O8. The molecule has 0 bridgehead atoms. The number of ether oxygens (including phenoxy) is 8. The minimum atomic E-state index is -0.214. The molecular weight excluding hydrogens is 440 g/mol. The van der Waals surface area contributed by atoms with E-state index in [4.69, 9.17) is 37.9 Å². The number of epoxide rings is 3. The Labute approximate surface area is 192 Å². The summed E-state index contributed by atoms with van der Waals surface area (Å²) in [5.74, 6) is 1.18. The summed E-state index contributed by atoms with van der Waals surface area (Å²) in [7, 11) is 5.03. The molecule has 3 atom stereocenters. The zero-order valence-electron chi connectivity index (χ0n) is 19.3. The van der Waals surface area contributed by atoms with Crippen molar-refractivity contribution in [1.82, 2.24) is 15.0 Å². The Morgan fingerprint density at radius 3 is 1.76 bits per heavy atom. The Hall–Kier alpha value is -1.91. The molecule has 14 heteroatoms. The van der Waals surface area contributed by atoms with Crippen molar-refractivity contribution in [2.24, 2.45) is 0 Å². The van der Waals surface area contributed by atoms with Gasteiger partial charge in [-0.1, -0.05) is 0 Å². The monoisotopic (exact) mass is 472 g/mol. The summed E-state index contributed by atoms with van der Waals surface area (Å²) < 4.78 is 43.3. The molecule has 3 fully saturated rings. The molecule has 3 aliphatic rings. The fraction of sp³-hybridized carbons (Fsp3) is 0.842. The van der Waals surface area contributed by atoms with Crippen molar-refractivity contribution in [2.45, 2.75) is 18.5 Å². The van der Waals surface area contributed by atoms with Gasteiger partial charge in [-0.15, -0.1) is 0 Å². The molecule has 0 radical (unpaired) electrons. The molecule has 4 heterocycles. The van der Waals surface area contributed by atoms with Crippen molar-refractivity contribution in [1.29, 1.82) is 0 Å². The highest BCUT2D eigenvalue weighted by molar-refractivity contribution is 5.45. The van der Waals surface area contributed by atoms with Crippen LogP contribution < -0.4 is 14.7 Å². The van der Waals surface area contributed by atoms with E-state index >= 15 is 0 Å². The SMILES string of the molecule is COCN(COCC1CO1)c1nc(N(C)COCC2CO2)nc(N(COC)COC2CO2)n1. The molecule has 3 saturated heterocycles. The molecule has 0 saturated carbocycles. The summed E-state index contributed by atoms with van der Waals surface area (Å²) >= 11 is 0. The fourth-order valence-electron chi connectivity index (χ4n) is 2.72. The Morgan fingerprint density at radius 1 is 0.727 bits per heavy atom. The van der Waals surface area contributed by atoms with Crippen LogP contribution in [-0.2, 0) is 37.9 Å². The molecule has 33 heavy (non-hydrogen) atoms. The predicted molar refractivity (Wildman–Crippen MR) is 114 cm³/mol. The Balaban J connectivity index is 1.50. The van der Waals surface area contributed by atoms with Gasteiger partial charge >= 0.3 is 0 Å². The number of aromatic nitrogens is 3. The van der Waals surface area contributed by atoms with Crippen LogP contribution in [-0.4, -0.2) is 121 Å². The average molecular weight is 472 g/mol. The van der Waals surface area contributed by atoms with Crippen molar-refractivity contribution >= 4 is 17.8 Å². The largest absolute Gasteiger partial charge is 0.371 e. The van der Waals surface area contributed by atoms with Crippen LogP contribution in [0.25, 0.3) is 0 Å². The number of nitrogens with zero attached hydrogens (tertiary/aromatic N) is 6. The van der Waals surface area contributed by atoms with Crippen LogP contribution in [0.4, 0.5) is 17.8 Å². The van der Waals surface area contributed by atoms with Crippen LogP contribution in [0, 0.1) is 0 Å². The molecule has 0 amide bonds. The summed E-state index contributed by atoms with van der Waals surface area (Å²) in [5.41, 5.74) is 0. The zero-order valence-corrected chi connectivity index (χ0v) is 19.3. The van der Waals surface area contributed by atoms with Crippen LogP contribution in [0.15, 0.2) is 0 Å². The predicted octanol–water partition coefficient (Wildman–Crippen LogP) is -0.795. The summed E-state index contributed by atoms with van der Waals surface area (Å²) in [4.78, 5) is 19.2. The summed E-state index contributed by atoms with van der Waals surface area (Å²) in [6.45, 7) is 4.20. The first-order valence-corrected chi connectivity index (χ1v) is 10.7. The maximum Gasteiger partial charge on any atom is 0.235 e. The second-order valence-corrected chi connectivity index (χ2v) is 7.82. The number of hydrogen-bond acceptors (Lipinski definition) is 14. The van der Waals surface area contributed by atoms with Gasteiger partial charge in [0.2, 0.25) is 17.8 Å². The van der Waals surface area contributed by atoms with E-state index in [0.717, 1.165) is 13.2 Å². The van der Waals surface area contributed by atoms with E-state index in [-0.39, 0.29) is 45.4 Å². The van der Waals surface area contributed by atoms with Gasteiger partial charge in [-0.3, -0.25) is 9.80 Å². The normalized spacial score (nSPS) is 22.8. The van der Waals surface area contributed by atoms with Gasteiger partial charge in [-0.25, -0.2) is 0 Å². The molecule has 3 unspecified atom stereocenters. The van der Waals surface area contributed by atoms with Gasteiger partial charge in [0, 0.05) is 21.3 Å². The minimum Gasteiger partial charge on any atom is -0.371 e. The highest BCUT2D eigenvalue weighted by Crippen LogP contribution is 2.21. The molecule has 4 rings (SSSR count). The van der Waals surface area contributed by atoms with Gasteiger partial charge in [0.25, 0.3) is 0 Å². The first-order valence-electron chi connectivity index (χ1n) is 10.7. The summed E-state index contributed by atoms with van der Waals surface area (Å²) in [5, 5.41) is 0. The van der Waals surface area contributed by atoms with Crippen molar-refractivity contribution in [3.63, 3.8) is 0 Å². The Morgan fingerprint density at radius 2 is 1.24 bits per heavy atom. The van der Waals surface area contributed by atoms with Gasteiger partial charge in [0.1, 0.15) is 52.5 Å². The van der Waals surface area contributed by atoms with Gasteiger partial charge in [-0.2, -0.15) is 15.0 Å². The van der Waals surface area contributed by atoms with Gasteiger partial charge < -0.3 is 42.8 Å². The average Bonchev–Trinajstić information content (AvgIpc) is 3.67. The van der Waals surface area contributed by atoms with Crippen LogP contribution in [0.2, 0.25) is 0 Å². The maximum absolute atomic E-state index is 5.75. The number of rotatable bonds is 18. The lowest BCUT2D eigenvalue weighted by Crippen LogP contribution is -2.35. The van der Waals surface area contributed by atoms with E-state index in [1.54, 1.807) is 28.9 Å². The Bertz CT molecular complexity index is 736. The fourth-order valence-corrected chi connectivity index (χ4v) is 2.72. The highest BCUT2D eigenvalue weighted by Gasteiger charge is 2.27. The quantitative estimate of drug-likeness (QED) is 0.195. The third-order valence-electron chi connectivity index (χ3n) is 4.74. The Kier molecular flexibility index (Phi) is 8.80. The molecule has 14 nitrogen and oxygen atoms in total. The van der Waals surface area contributed by atoms with Gasteiger partial charge in [-0.05, 0) is 0 Å². The molecule has 3 aliphatic heterocycles. The van der Waals surface area contributed by atoms with Crippen molar-refractivity contribution in [3.8, 4) is 0 Å². The number of anilines is 3. The van der Waals surface area contributed by atoms with E-state index in [1.165, 1.54) is 0 Å². The van der Waals surface area contributed by atoms with E-state index in [2.05, 4.69) is 15.0 Å². The third kappa shape index (κ3) is 8.12. The molecule has 1 aromatic heterocycles. The molecule has 186 valence electrons. The molecule has 0 spiro atoms. The van der Waals surface area contributed by atoms with E-state index < -0.39 is 0 Å². The number of methoxy groups -OCH3 is 2. The number of hydrogen-bond donors (Lipinski definition) is 0. The van der Waals surface area contributed by atoms with Crippen LogP contribution in [0.3, 0.4) is 0 Å². The van der Waals surface area contributed by atoms with Crippen LogP contribution in [0.5, 0.6) is 0 Å². The van der Waals surface area contributed by atoms with E-state index in [9.17, 15) is 0 Å². The first-order chi connectivity index (χ1) is 16.2. The molecule has 1 aromatic rings. The highest BCUT2D eigenvalue weighted by atomic mass is 16.8. The first kappa shape index (κ1) is 24.2. The second kappa shape index (κ2) is 12.0. The maximum atomic E-state index is 5.75. The van der Waals surface area contributed by atoms with Crippen molar-refractivity contribution < 1.29 is 37.9 Å². The van der Waals surface area contributed by atoms with Crippen molar-refractivity contribution in [2.75, 3.05) is 103 Å². The molecule has 0 aromatic carbocycles. The van der Waals surface area contributed by atoms with Crippen LogP contribution >= 0.6 is 0 Å². The topological polar surface area (TPSA) is 132 Å². The van der Waals surface area contributed by atoms with Gasteiger partial charge in [0.05, 0.1) is 26.4 Å². The lowest BCUT2D eigenvalue weighted by Gasteiger charge is -2.27. The standard InChI is InChI=1S/C19H32N6O8/c1-23(9-28-4-14-6-30-14)17-20-18(24(10-26-2)12-29-5-15-7-31-15)22-19(21-17)25(11-27-3)13-33-16-8-32-16/h14-16H,4-13H2,1-3H3. The lowest BCUT2D eigenvalue weighted by molar-refractivity contribution is 0.0384.